The molecule has 2 aliphatic rings. The summed E-state index contributed by atoms with van der Waals surface area (Å²) in [5.74, 6) is 0.0475. The van der Waals surface area contributed by atoms with Crippen molar-refractivity contribution in [3.05, 3.63) is 45.5 Å². The lowest BCUT2D eigenvalue weighted by atomic mass is 10.1. The largest absolute Gasteiger partial charge is 0.322 e. The summed E-state index contributed by atoms with van der Waals surface area (Å²) >= 11 is 7.30. The first-order chi connectivity index (χ1) is 8.66. The maximum atomic E-state index is 12.4. The molecule has 19 heavy (non-hydrogen) atoms. The molecule has 0 atom stereocenters. The van der Waals surface area contributed by atoms with Crippen molar-refractivity contribution in [2.45, 2.75) is 6.92 Å². The molecule has 0 saturated carbocycles. The van der Waals surface area contributed by atoms with E-state index in [-0.39, 0.29) is 22.8 Å². The van der Waals surface area contributed by atoms with Crippen LogP contribution >= 0.6 is 40.3 Å². The molecule has 0 spiro atoms. The molecule has 100 valence electrons. The van der Waals surface area contributed by atoms with E-state index in [4.69, 9.17) is 11.6 Å². The van der Waals surface area contributed by atoms with Crippen LogP contribution in [0, 0.1) is 0 Å². The number of fused-ring (bicyclic) bond motifs is 1. The summed E-state index contributed by atoms with van der Waals surface area (Å²) in [5.41, 5.74) is 1.68. The highest BCUT2D eigenvalue weighted by Crippen LogP contribution is 2.37. The predicted octanol–water partition coefficient (Wildman–Crippen LogP) is 3.75. The van der Waals surface area contributed by atoms with Crippen molar-refractivity contribution < 1.29 is 4.79 Å². The van der Waals surface area contributed by atoms with Gasteiger partial charge in [0.1, 0.15) is 0 Å². The Morgan fingerprint density at radius 2 is 2.05 bits per heavy atom. The summed E-state index contributed by atoms with van der Waals surface area (Å²) in [7, 11) is 0. The fourth-order valence-corrected chi connectivity index (χ4v) is 3.33. The molecule has 3 nitrogen and oxygen atoms in total. The fourth-order valence-electron chi connectivity index (χ4n) is 2.06. The second-order valence-electron chi connectivity index (χ2n) is 4.17. The minimum absolute atomic E-state index is 0. The summed E-state index contributed by atoms with van der Waals surface area (Å²) in [5, 5.41) is 1.59. The van der Waals surface area contributed by atoms with Crippen molar-refractivity contribution >= 4 is 51.3 Å². The normalized spacial score (nSPS) is 17.2. The number of hydrogen-bond donors (Lipinski definition) is 0. The number of allylic oxidation sites excluding steroid dienone is 2. The van der Waals surface area contributed by atoms with E-state index in [2.05, 4.69) is 9.89 Å². The monoisotopic (exact) mass is 358 g/mol. The highest BCUT2D eigenvalue weighted by Gasteiger charge is 2.33. The van der Waals surface area contributed by atoms with Crippen LogP contribution in [-0.2, 0) is 0 Å². The molecule has 0 unspecified atom stereocenters. The first-order valence-electron chi connectivity index (χ1n) is 5.68. The minimum atomic E-state index is 0. The van der Waals surface area contributed by atoms with Crippen LogP contribution in [0.2, 0.25) is 5.02 Å². The molecule has 1 aromatic carbocycles. The number of hydrogen-bond acceptors (Lipinski definition) is 4. The Kier molecular flexibility index (Phi) is 4.38. The summed E-state index contributed by atoms with van der Waals surface area (Å²) < 4.78 is 0. The fraction of sp³-hybridized carbons (Fsp3) is 0.231. The van der Waals surface area contributed by atoms with E-state index >= 15 is 0 Å². The molecule has 0 fully saturated rings. The summed E-state index contributed by atoms with van der Waals surface area (Å²) in [6.07, 6.45) is 0. The van der Waals surface area contributed by atoms with Gasteiger partial charge in [-0.15, -0.1) is 17.0 Å². The van der Waals surface area contributed by atoms with Gasteiger partial charge in [0.05, 0.1) is 11.4 Å². The van der Waals surface area contributed by atoms with Gasteiger partial charge in [0.2, 0.25) is 5.78 Å². The Morgan fingerprint density at radius 3 is 2.68 bits per heavy atom. The number of amidine groups is 1. The lowest BCUT2D eigenvalue weighted by molar-refractivity contribution is 0.104. The number of Topliss-reactive ketones (excluding diaryl/α,β-unsaturated/α-hetero) is 1. The summed E-state index contributed by atoms with van der Waals surface area (Å²) in [6.45, 7) is 3.68. The molecule has 6 heteroatoms. The van der Waals surface area contributed by atoms with Gasteiger partial charge in [-0.25, -0.2) is 0 Å². The lowest BCUT2D eigenvalue weighted by Gasteiger charge is -2.11. The number of halogens is 2. The molecule has 0 amide bonds. The van der Waals surface area contributed by atoms with Crippen LogP contribution in [0.15, 0.2) is 39.9 Å². The second-order valence-corrected chi connectivity index (χ2v) is 5.58. The Labute approximate surface area is 131 Å². The van der Waals surface area contributed by atoms with Gasteiger partial charge in [-0.3, -0.25) is 9.79 Å². The van der Waals surface area contributed by atoms with Crippen LogP contribution in [0.1, 0.15) is 17.3 Å². The van der Waals surface area contributed by atoms with E-state index in [9.17, 15) is 4.79 Å². The SMILES string of the molecule is Br.CC1=C(C(=O)c2ccc(Cl)cc2)SC2=NCCN21. The van der Waals surface area contributed by atoms with Crippen LogP contribution in [0.4, 0.5) is 0 Å². The molecular formula is C13H12BrClN2OS. The molecule has 0 bridgehead atoms. The number of aliphatic imine (C=N–C) groups is 1. The quantitative estimate of drug-likeness (QED) is 0.754. The lowest BCUT2D eigenvalue weighted by Crippen LogP contribution is -2.19. The van der Waals surface area contributed by atoms with Crippen LogP contribution in [0.3, 0.4) is 0 Å². The smallest absolute Gasteiger partial charge is 0.201 e. The Bertz CT molecular complexity index is 583. The van der Waals surface area contributed by atoms with E-state index in [1.165, 1.54) is 11.8 Å². The van der Waals surface area contributed by atoms with Gasteiger partial charge in [-0.05, 0) is 43.0 Å². The Balaban J connectivity index is 0.00000133. The molecule has 0 radical (unpaired) electrons. The van der Waals surface area contributed by atoms with E-state index in [0.29, 0.717) is 10.6 Å². The van der Waals surface area contributed by atoms with Gasteiger partial charge in [-0.1, -0.05) is 11.6 Å². The van der Waals surface area contributed by atoms with Crippen LogP contribution in [0.25, 0.3) is 0 Å². The van der Waals surface area contributed by atoms with Gasteiger partial charge in [-0.2, -0.15) is 0 Å². The summed E-state index contributed by atoms with van der Waals surface area (Å²) in [4.78, 5) is 19.7. The third-order valence-electron chi connectivity index (χ3n) is 3.04. The molecule has 2 heterocycles. The zero-order valence-electron chi connectivity index (χ0n) is 10.2. The van der Waals surface area contributed by atoms with Crippen LogP contribution in [-0.4, -0.2) is 28.9 Å². The number of carbonyl (C=O) groups is 1. The van der Waals surface area contributed by atoms with Crippen LogP contribution < -0.4 is 0 Å². The first-order valence-corrected chi connectivity index (χ1v) is 6.87. The van der Waals surface area contributed by atoms with E-state index in [1.54, 1.807) is 24.3 Å². The average molecular weight is 360 g/mol. The van der Waals surface area contributed by atoms with Gasteiger partial charge < -0.3 is 4.90 Å². The number of carbonyl (C=O) groups excluding carboxylic acids is 1. The second kappa shape index (κ2) is 5.69. The maximum Gasteiger partial charge on any atom is 0.201 e. The molecule has 0 N–H and O–H groups in total. The number of ketones is 1. The van der Waals surface area contributed by atoms with E-state index in [0.717, 1.165) is 28.9 Å². The highest BCUT2D eigenvalue weighted by molar-refractivity contribution is 8.93. The Morgan fingerprint density at radius 1 is 1.37 bits per heavy atom. The van der Waals surface area contributed by atoms with Crippen molar-refractivity contribution in [3.8, 4) is 0 Å². The predicted molar refractivity (Wildman–Crippen MR) is 85.4 cm³/mol. The van der Waals surface area contributed by atoms with Gasteiger partial charge >= 0.3 is 0 Å². The molecule has 0 aromatic heterocycles. The topological polar surface area (TPSA) is 32.7 Å². The first kappa shape index (κ1) is 14.6. The van der Waals surface area contributed by atoms with Crippen molar-refractivity contribution in [1.82, 2.24) is 4.90 Å². The van der Waals surface area contributed by atoms with E-state index < -0.39 is 0 Å². The van der Waals surface area contributed by atoms with Crippen LogP contribution in [0.5, 0.6) is 0 Å². The molecule has 1 aromatic rings. The zero-order chi connectivity index (χ0) is 12.7. The molecular weight excluding hydrogens is 348 g/mol. The standard InChI is InChI=1S/C13H11ClN2OS.BrH/c1-8-12(18-13-15-6-7-16(8)13)11(17)9-2-4-10(14)5-3-9;/h2-5H,6-7H2,1H3;1H. The average Bonchev–Trinajstić information content (AvgIpc) is 2.93. The number of thioether (sulfide) groups is 1. The maximum absolute atomic E-state index is 12.4. The van der Waals surface area contributed by atoms with Gasteiger partial charge in [0.15, 0.2) is 5.17 Å². The highest BCUT2D eigenvalue weighted by atomic mass is 79.9. The number of benzene rings is 1. The molecule has 3 rings (SSSR count). The minimum Gasteiger partial charge on any atom is -0.322 e. The molecule has 0 saturated heterocycles. The van der Waals surface area contributed by atoms with Gasteiger partial charge in [0, 0.05) is 22.8 Å². The number of rotatable bonds is 2. The van der Waals surface area contributed by atoms with Crippen molar-refractivity contribution in [1.29, 1.82) is 0 Å². The van der Waals surface area contributed by atoms with Crippen molar-refractivity contribution in [2.24, 2.45) is 4.99 Å². The molecule has 0 aliphatic carbocycles. The summed E-state index contributed by atoms with van der Waals surface area (Å²) in [6, 6.07) is 7.00. The Hall–Kier alpha value is -0.780. The van der Waals surface area contributed by atoms with Gasteiger partial charge in [0.25, 0.3) is 0 Å². The van der Waals surface area contributed by atoms with Crippen molar-refractivity contribution in [2.75, 3.05) is 13.1 Å². The number of nitrogens with zero attached hydrogens (tertiary/aromatic N) is 2. The zero-order valence-corrected chi connectivity index (χ0v) is 13.5. The van der Waals surface area contributed by atoms with E-state index in [1.807, 2.05) is 6.92 Å². The van der Waals surface area contributed by atoms with Crippen molar-refractivity contribution in [3.63, 3.8) is 0 Å². The third kappa shape index (κ3) is 2.59. The third-order valence-corrected chi connectivity index (χ3v) is 4.51. The molecule has 2 aliphatic heterocycles.